The number of aromatic nitrogens is 2. The maximum Gasteiger partial charge on any atom is 0.416 e. The Kier molecular flexibility index (Phi) is 7.79. The van der Waals surface area contributed by atoms with E-state index < -0.39 is 21.8 Å². The van der Waals surface area contributed by atoms with Crippen LogP contribution in [0.2, 0.25) is 0 Å². The molecule has 3 aromatic rings. The second-order valence-corrected chi connectivity index (χ2v) is 10.1. The number of nitrogens with zero attached hydrogens (tertiary/aromatic N) is 2. The first-order valence-electron chi connectivity index (χ1n) is 11.5. The molecule has 1 aliphatic rings. The molecular formula is C25H26F3N3O4S. The number of hydrogen-bond acceptors (Lipinski definition) is 6. The van der Waals surface area contributed by atoms with E-state index in [1.165, 1.54) is 36.5 Å². The highest BCUT2D eigenvalue weighted by atomic mass is 32.2. The minimum Gasteiger partial charge on any atom is -0.493 e. The van der Waals surface area contributed by atoms with Gasteiger partial charge in [-0.15, -0.1) is 5.10 Å². The molecule has 4 rings (SSSR count). The molecule has 0 bridgehead atoms. The van der Waals surface area contributed by atoms with Crippen molar-refractivity contribution in [1.82, 2.24) is 10.2 Å². The van der Waals surface area contributed by atoms with E-state index in [1.807, 2.05) is 0 Å². The Labute approximate surface area is 207 Å². The highest BCUT2D eigenvalue weighted by Gasteiger charge is 2.33. The first-order chi connectivity index (χ1) is 17.2. The Morgan fingerprint density at radius 1 is 1.11 bits per heavy atom. The predicted octanol–water partition coefficient (Wildman–Crippen LogP) is 5.18. The summed E-state index contributed by atoms with van der Waals surface area (Å²) < 4.78 is 79.2. The van der Waals surface area contributed by atoms with Gasteiger partial charge in [0.15, 0.2) is 5.82 Å². The van der Waals surface area contributed by atoms with E-state index >= 15 is 0 Å². The van der Waals surface area contributed by atoms with Gasteiger partial charge in [0, 0.05) is 37.5 Å². The lowest BCUT2D eigenvalue weighted by Crippen LogP contribution is -2.19. The summed E-state index contributed by atoms with van der Waals surface area (Å²) >= 11 is 0. The third-order valence-electron chi connectivity index (χ3n) is 6.04. The molecule has 1 aromatic heterocycles. The number of hydrogen-bond donors (Lipinski definition) is 1. The molecule has 0 aliphatic carbocycles. The van der Waals surface area contributed by atoms with E-state index in [0.29, 0.717) is 43.8 Å². The summed E-state index contributed by atoms with van der Waals surface area (Å²) in [5.41, 5.74) is 1.47. The normalized spacial score (nSPS) is 15.7. The number of benzene rings is 2. The average molecular weight is 522 g/mol. The lowest BCUT2D eigenvalue weighted by Gasteiger charge is -2.29. The number of rotatable bonds is 9. The molecule has 36 heavy (non-hydrogen) atoms. The third kappa shape index (κ3) is 5.96. The molecule has 1 N–H and O–H groups in total. The summed E-state index contributed by atoms with van der Waals surface area (Å²) in [6, 6.07) is 11.5. The standard InChI is InChI=1S/C25H26F3N3O4S/c1-34-13-3-2-5-17-15-18(25(26,27)28)7-9-20(17)21-11-14-35-23-16-19(8-10-22(21)23)36(32,33)31-24-6-4-12-29-30-24/h4,6-10,12,15-16,21H,2-3,5,11,13-14H2,1H3,(H,30,31). The van der Waals surface area contributed by atoms with Crippen molar-refractivity contribution in [2.24, 2.45) is 0 Å². The van der Waals surface area contributed by atoms with Crippen molar-refractivity contribution in [3.63, 3.8) is 0 Å². The number of anilines is 1. The van der Waals surface area contributed by atoms with Gasteiger partial charge in [-0.25, -0.2) is 8.42 Å². The SMILES string of the molecule is COCCCCc1cc(C(F)(F)F)ccc1C1CCOc2cc(S(=O)(=O)Nc3cccnn3)ccc21. The molecule has 1 aliphatic heterocycles. The Balaban J connectivity index is 1.66. The van der Waals surface area contributed by atoms with E-state index in [0.717, 1.165) is 23.6 Å². The monoisotopic (exact) mass is 521 g/mol. The molecule has 7 nitrogen and oxygen atoms in total. The van der Waals surface area contributed by atoms with Crippen LogP contribution < -0.4 is 9.46 Å². The minimum absolute atomic E-state index is 0.0141. The van der Waals surface area contributed by atoms with Gasteiger partial charge in [0.05, 0.1) is 17.1 Å². The quantitative estimate of drug-likeness (QED) is 0.390. The van der Waals surface area contributed by atoms with Crippen molar-refractivity contribution in [1.29, 1.82) is 0 Å². The summed E-state index contributed by atoms with van der Waals surface area (Å²) in [6.45, 7) is 0.844. The van der Waals surface area contributed by atoms with Crippen molar-refractivity contribution >= 4 is 15.8 Å². The maximum atomic E-state index is 13.4. The predicted molar refractivity (Wildman–Crippen MR) is 127 cm³/mol. The smallest absolute Gasteiger partial charge is 0.416 e. The summed E-state index contributed by atoms with van der Waals surface area (Å²) in [5, 5.41) is 7.40. The number of alkyl halides is 3. The van der Waals surface area contributed by atoms with Gasteiger partial charge in [-0.1, -0.05) is 12.1 Å². The van der Waals surface area contributed by atoms with Crippen LogP contribution in [-0.2, 0) is 27.4 Å². The average Bonchev–Trinajstić information content (AvgIpc) is 2.85. The Hall–Kier alpha value is -3.18. The summed E-state index contributed by atoms with van der Waals surface area (Å²) in [5.74, 6) is 0.244. The third-order valence-corrected chi connectivity index (χ3v) is 7.39. The Bertz CT molecular complexity index is 1300. The van der Waals surface area contributed by atoms with Crippen molar-refractivity contribution in [3.05, 3.63) is 77.0 Å². The molecule has 0 spiro atoms. The number of nitrogens with one attached hydrogen (secondary N) is 1. The zero-order chi connectivity index (χ0) is 25.8. The van der Waals surface area contributed by atoms with Gasteiger partial charge in [0.2, 0.25) is 0 Å². The zero-order valence-electron chi connectivity index (χ0n) is 19.6. The lowest BCUT2D eigenvalue weighted by molar-refractivity contribution is -0.137. The van der Waals surface area contributed by atoms with Gasteiger partial charge >= 0.3 is 6.18 Å². The number of aryl methyl sites for hydroxylation is 1. The number of methoxy groups -OCH3 is 1. The molecule has 192 valence electrons. The zero-order valence-corrected chi connectivity index (χ0v) is 20.4. The summed E-state index contributed by atoms with van der Waals surface area (Å²) in [7, 11) is -2.36. The molecule has 0 saturated carbocycles. The van der Waals surface area contributed by atoms with Gasteiger partial charge in [0.1, 0.15) is 5.75 Å². The number of unbranched alkanes of at least 4 members (excludes halogenated alkanes) is 1. The highest BCUT2D eigenvalue weighted by Crippen LogP contribution is 2.42. The largest absolute Gasteiger partial charge is 0.493 e. The topological polar surface area (TPSA) is 90.4 Å². The van der Waals surface area contributed by atoms with E-state index in [4.69, 9.17) is 9.47 Å². The van der Waals surface area contributed by atoms with Crippen LogP contribution in [0.3, 0.4) is 0 Å². The molecule has 2 heterocycles. The molecule has 0 radical (unpaired) electrons. The van der Waals surface area contributed by atoms with Gasteiger partial charge in [-0.05, 0) is 67.1 Å². The lowest BCUT2D eigenvalue weighted by atomic mass is 9.82. The van der Waals surface area contributed by atoms with Crippen LogP contribution in [0, 0.1) is 0 Å². The van der Waals surface area contributed by atoms with Gasteiger partial charge < -0.3 is 9.47 Å². The van der Waals surface area contributed by atoms with Crippen LogP contribution >= 0.6 is 0 Å². The highest BCUT2D eigenvalue weighted by molar-refractivity contribution is 7.92. The van der Waals surface area contributed by atoms with Crippen molar-refractivity contribution in [3.8, 4) is 5.75 Å². The van der Waals surface area contributed by atoms with Crippen molar-refractivity contribution in [2.75, 3.05) is 25.0 Å². The fraction of sp³-hybridized carbons (Fsp3) is 0.360. The van der Waals surface area contributed by atoms with Crippen LogP contribution in [0.15, 0.2) is 59.6 Å². The first kappa shape index (κ1) is 25.9. The number of fused-ring (bicyclic) bond motifs is 1. The Morgan fingerprint density at radius 2 is 1.92 bits per heavy atom. The van der Waals surface area contributed by atoms with Crippen molar-refractivity contribution in [2.45, 2.75) is 42.7 Å². The van der Waals surface area contributed by atoms with Crippen LogP contribution in [0.25, 0.3) is 0 Å². The number of ether oxygens (including phenoxy) is 2. The van der Waals surface area contributed by atoms with Gasteiger partial charge in [-0.3, -0.25) is 4.72 Å². The summed E-state index contributed by atoms with van der Waals surface area (Å²) in [4.78, 5) is -0.0141. The van der Waals surface area contributed by atoms with Crippen molar-refractivity contribution < 1.29 is 31.1 Å². The van der Waals surface area contributed by atoms with Gasteiger partial charge in [0.25, 0.3) is 10.0 Å². The van der Waals surface area contributed by atoms with Crippen LogP contribution in [-0.4, -0.2) is 38.9 Å². The fourth-order valence-corrected chi connectivity index (χ4v) is 5.32. The van der Waals surface area contributed by atoms with E-state index in [9.17, 15) is 21.6 Å². The van der Waals surface area contributed by atoms with Crippen LogP contribution in [0.1, 0.15) is 47.4 Å². The van der Waals surface area contributed by atoms with E-state index in [-0.39, 0.29) is 16.6 Å². The van der Waals surface area contributed by atoms with E-state index in [2.05, 4.69) is 14.9 Å². The fourth-order valence-electron chi connectivity index (χ4n) is 4.31. The minimum atomic E-state index is -4.44. The van der Waals surface area contributed by atoms with Crippen LogP contribution in [0.4, 0.5) is 19.0 Å². The molecule has 0 saturated heterocycles. The second-order valence-electron chi connectivity index (χ2n) is 8.47. The molecule has 1 atom stereocenters. The molecule has 11 heteroatoms. The molecule has 1 unspecified atom stereocenters. The second kappa shape index (κ2) is 10.8. The van der Waals surface area contributed by atoms with Crippen LogP contribution in [0.5, 0.6) is 5.75 Å². The summed E-state index contributed by atoms with van der Waals surface area (Å²) in [6.07, 6.45) is -0.554. The van der Waals surface area contributed by atoms with E-state index in [1.54, 1.807) is 19.2 Å². The number of sulfonamides is 1. The van der Waals surface area contributed by atoms with Gasteiger partial charge in [-0.2, -0.15) is 18.3 Å². The Morgan fingerprint density at radius 3 is 2.64 bits per heavy atom. The molecular weight excluding hydrogens is 495 g/mol. The molecule has 0 amide bonds. The first-order valence-corrected chi connectivity index (χ1v) is 12.9. The molecule has 2 aromatic carbocycles. The maximum absolute atomic E-state index is 13.4. The molecule has 0 fully saturated rings. The number of halogens is 3.